The number of carbonyl (C=O) groups is 2. The summed E-state index contributed by atoms with van der Waals surface area (Å²) in [5, 5.41) is 25.8. The van der Waals surface area contributed by atoms with Crippen LogP contribution in [-0.2, 0) is 19.6 Å². The van der Waals surface area contributed by atoms with E-state index in [2.05, 4.69) is 43.4 Å². The second-order valence-electron chi connectivity index (χ2n) is 11.8. The molecule has 0 radical (unpaired) electrons. The van der Waals surface area contributed by atoms with E-state index in [0.29, 0.717) is 22.7 Å². The number of aromatic amines is 1. The minimum atomic E-state index is -3.87. The van der Waals surface area contributed by atoms with Crippen molar-refractivity contribution in [2.45, 2.75) is 56.7 Å². The van der Waals surface area contributed by atoms with E-state index in [1.807, 2.05) is 48.0 Å². The Labute approximate surface area is 384 Å². The van der Waals surface area contributed by atoms with Crippen molar-refractivity contribution < 1.29 is 111 Å². The summed E-state index contributed by atoms with van der Waals surface area (Å²) in [4.78, 5) is 38.0. The van der Waals surface area contributed by atoms with E-state index in [4.69, 9.17) is 15.4 Å². The van der Waals surface area contributed by atoms with Gasteiger partial charge in [-0.05, 0) is 62.2 Å². The molecule has 20 heteroatoms. The van der Waals surface area contributed by atoms with Crippen LogP contribution in [0.15, 0.2) is 93.3 Å². The number of aromatic nitrogens is 7. The van der Waals surface area contributed by atoms with E-state index in [1.165, 1.54) is 22.7 Å². The number of carboxylic acids is 1. The Morgan fingerprint density at radius 2 is 1.72 bits per heavy atom. The third-order valence-corrected chi connectivity index (χ3v) is 9.14. The summed E-state index contributed by atoms with van der Waals surface area (Å²) in [7, 11) is -3.87. The second-order valence-corrected chi connectivity index (χ2v) is 14.6. The fourth-order valence-corrected chi connectivity index (χ4v) is 5.73. The van der Waals surface area contributed by atoms with Crippen LogP contribution in [0.5, 0.6) is 0 Å². The summed E-state index contributed by atoms with van der Waals surface area (Å²) in [5.74, 6) is -0.678. The maximum Gasteiger partial charge on any atom is 1.00 e. The predicted octanol–water partition coefficient (Wildman–Crippen LogP) is -1.95. The number of nitrogens with two attached hydrogens (primary N) is 1. The Morgan fingerprint density at radius 1 is 1.07 bits per heavy atom. The number of amides is 1. The van der Waals surface area contributed by atoms with E-state index in [-0.39, 0.29) is 106 Å². The number of hydrogen-bond donors (Lipinski definition) is 5. The van der Waals surface area contributed by atoms with E-state index in [9.17, 15) is 22.8 Å². The third-order valence-electron chi connectivity index (χ3n) is 7.47. The molecule has 0 fully saturated rings. The van der Waals surface area contributed by atoms with Crippen LogP contribution in [0, 0.1) is 13.8 Å². The van der Waals surface area contributed by atoms with Crippen molar-refractivity contribution in [3.63, 3.8) is 0 Å². The molecule has 6 rings (SSSR count). The van der Waals surface area contributed by atoms with E-state index < -0.39 is 32.7 Å². The largest absolute Gasteiger partial charge is 1.00 e. The maximum atomic E-state index is 12.2. The molecule has 1 atom stereocenters. The number of pyridine rings is 1. The molecule has 0 aliphatic rings. The quantitative estimate of drug-likeness (QED) is 0.0831. The fraction of sp³-hybridized carbons (Fsp3) is 0.235. The monoisotopic (exact) mass is 811 g/mol. The number of nitrogens with zero attached hydrogens (tertiary/aromatic N) is 6. The van der Waals surface area contributed by atoms with Gasteiger partial charge in [-0.15, -0.1) is 10.2 Å². The van der Waals surface area contributed by atoms with Gasteiger partial charge in [0.25, 0.3) is 15.6 Å². The summed E-state index contributed by atoms with van der Waals surface area (Å²) >= 11 is 3.98. The number of thiol groups is 1. The molecule has 0 aliphatic heterocycles. The zero-order valence-electron chi connectivity index (χ0n) is 32.8. The van der Waals surface area contributed by atoms with Crippen molar-refractivity contribution in [3.05, 3.63) is 101 Å². The van der Waals surface area contributed by atoms with Crippen molar-refractivity contribution in [3.8, 4) is 33.8 Å². The van der Waals surface area contributed by atoms with Gasteiger partial charge in [0.05, 0.1) is 10.5 Å². The smallest absolute Gasteiger partial charge is 1.00 e. The van der Waals surface area contributed by atoms with Crippen LogP contribution in [0.1, 0.15) is 41.4 Å². The molecule has 0 unspecified atom stereocenters. The molecule has 4 heterocycles. The summed E-state index contributed by atoms with van der Waals surface area (Å²) in [5.41, 5.74) is 10.1. The molecular weight excluding hydrogens is 773 g/mol. The summed E-state index contributed by atoms with van der Waals surface area (Å²) < 4.78 is 32.6. The Balaban J connectivity index is 0.000000875. The zero-order valence-corrected chi connectivity index (χ0v) is 37.6. The van der Waals surface area contributed by atoms with Crippen molar-refractivity contribution in [1.29, 1.82) is 0 Å². The van der Waals surface area contributed by atoms with Gasteiger partial charge in [0, 0.05) is 29.1 Å². The van der Waals surface area contributed by atoms with Crippen LogP contribution in [0.2, 0.25) is 0 Å². The summed E-state index contributed by atoms with van der Waals surface area (Å²) in [6, 6.07) is 18.7. The molecule has 16 nitrogen and oxygen atoms in total. The number of carboxylic acid groups (broad SMARTS) is 1. The van der Waals surface area contributed by atoms with Crippen LogP contribution in [-0.4, -0.2) is 71.4 Å². The van der Waals surface area contributed by atoms with Gasteiger partial charge < -0.3 is 18.2 Å². The number of rotatable bonds is 8. The predicted molar refractivity (Wildman–Crippen MR) is 198 cm³/mol. The Hall–Kier alpha value is -3.08. The van der Waals surface area contributed by atoms with Crippen LogP contribution in [0.25, 0.3) is 39.4 Å². The molecule has 54 heavy (non-hydrogen) atoms. The fourth-order valence-electron chi connectivity index (χ4n) is 4.57. The average Bonchev–Trinajstić information content (AvgIpc) is 3.79. The van der Waals surface area contributed by atoms with Crippen molar-refractivity contribution in [2.75, 3.05) is 0 Å². The molecular formula is C34H39KN9NaO7S2. The van der Waals surface area contributed by atoms with Crippen LogP contribution in [0.4, 0.5) is 0 Å². The van der Waals surface area contributed by atoms with E-state index in [1.54, 1.807) is 52.1 Å². The van der Waals surface area contributed by atoms with Gasteiger partial charge >= 0.3 is 86.9 Å². The molecule has 1 amide bonds. The van der Waals surface area contributed by atoms with Gasteiger partial charge in [-0.25, -0.2) is 18.1 Å². The van der Waals surface area contributed by atoms with Crippen LogP contribution < -0.4 is 97.0 Å². The zero-order chi connectivity index (χ0) is 38.2. The first-order valence-electron chi connectivity index (χ1n) is 15.6. The van der Waals surface area contributed by atoms with Gasteiger partial charge in [-0.2, -0.15) is 17.8 Å². The molecule has 0 bridgehead atoms. The minimum Gasteiger partial charge on any atom is -1.00 e. The third kappa shape index (κ3) is 12.0. The number of sulfonamides is 1. The standard InChI is InChI=1S/C19H18N2O4S.C10H8N6O.C5H11NO2S.K.Na.2H/c1-3-17(22)21-26(23,24)16-11-9-14(10-12-16)18-13(2)25-20-19(18)15-7-5-4-6-8-15;1-6-3-2-4-16-9(6)11-5-7(10(16)17)8-12-14-15-13-8;1-5(2,9)3(6)4(7)8;;;;/h4-12H,3H2,1-2H3,(H,21,22);2-5H,1H3,(H,12,13,14,15);3,9H,6H2,1-2H3,(H,7,8);;;;/q;;;2*+1;2*-1/t;;3-;;;;/m..0..../s1. The van der Waals surface area contributed by atoms with Crippen LogP contribution >= 0.6 is 12.6 Å². The van der Waals surface area contributed by atoms with Gasteiger partial charge in [0.15, 0.2) is 0 Å². The topological polar surface area (TPSA) is 241 Å². The van der Waals surface area contributed by atoms with Crippen molar-refractivity contribution >= 4 is 40.2 Å². The molecule has 276 valence electrons. The molecule has 4 aromatic heterocycles. The molecule has 0 saturated carbocycles. The number of carbonyl (C=O) groups excluding carboxylic acids is 1. The summed E-state index contributed by atoms with van der Waals surface area (Å²) in [6.45, 7) is 8.62. The number of aliphatic carboxylic acids is 1. The molecule has 5 N–H and O–H groups in total. The van der Waals surface area contributed by atoms with E-state index >= 15 is 0 Å². The molecule has 0 spiro atoms. The Kier molecular flexibility index (Phi) is 18.1. The molecule has 2 aromatic carbocycles. The number of H-pyrrole nitrogens is 1. The van der Waals surface area contributed by atoms with Gasteiger partial charge in [0.1, 0.15) is 28.7 Å². The Bertz CT molecular complexity index is 2350. The average molecular weight is 812 g/mol. The van der Waals surface area contributed by atoms with E-state index in [0.717, 1.165) is 22.3 Å². The first kappa shape index (κ1) is 47.1. The number of fused-ring (bicyclic) bond motifs is 1. The van der Waals surface area contributed by atoms with Gasteiger partial charge in [-0.3, -0.25) is 18.8 Å². The summed E-state index contributed by atoms with van der Waals surface area (Å²) in [6.07, 6.45) is 3.23. The minimum absolute atomic E-state index is 0. The molecule has 0 aliphatic carbocycles. The second kappa shape index (κ2) is 20.7. The molecule has 6 aromatic rings. The number of hydrogen-bond acceptors (Lipinski definition) is 13. The Morgan fingerprint density at radius 3 is 2.26 bits per heavy atom. The SMILES string of the molecule is CC(C)(S)[C@@H](N)C(=O)O.CCC(=O)NS(=O)(=O)c1ccc(-c2c(-c3ccccc3)noc2C)cc1.Cc1cccn2c(=O)c(-c3nn[nH]n3)cnc12.[H-].[H-].[K+].[Na+]. The number of benzene rings is 2. The van der Waals surface area contributed by atoms with Crippen molar-refractivity contribution in [2.24, 2.45) is 5.73 Å². The van der Waals surface area contributed by atoms with Crippen molar-refractivity contribution in [1.82, 2.24) is 39.9 Å². The van der Waals surface area contributed by atoms with Gasteiger partial charge in [-0.1, -0.05) is 60.6 Å². The van der Waals surface area contributed by atoms with Crippen LogP contribution in [0.3, 0.4) is 0 Å². The first-order valence-corrected chi connectivity index (χ1v) is 17.6. The number of nitrogens with one attached hydrogen (secondary N) is 2. The molecule has 0 saturated heterocycles. The normalized spacial score (nSPS) is 11.4. The number of tetrazole rings is 1. The van der Waals surface area contributed by atoms with Gasteiger partial charge in [0.2, 0.25) is 11.7 Å². The first-order chi connectivity index (χ1) is 24.5. The maximum absolute atomic E-state index is 12.2. The number of aryl methyl sites for hydroxylation is 2.